The summed E-state index contributed by atoms with van der Waals surface area (Å²) in [4.78, 5) is 30.3. The first-order valence-corrected chi connectivity index (χ1v) is 11.9. The number of carbonyl (C=O) groups is 2. The van der Waals surface area contributed by atoms with Gasteiger partial charge in [-0.05, 0) is 63.2 Å². The van der Waals surface area contributed by atoms with E-state index in [1.54, 1.807) is 0 Å². The standard InChI is InChI=1S/C24H31N3O4.2H2/c28-22-24(20-3-1-2-4-21(20)25-22)8-10-26(11-9-24)18-13-16-5-6-17(14-18)27(16)23(29)31-19-7-12-30-15-19;;/h1-4,16-19H,5-15H2,(H,25,28);2*1H/t16?,17?,18?,19-;;/m0../s1. The topological polar surface area (TPSA) is 71.1 Å². The van der Waals surface area contributed by atoms with E-state index in [0.29, 0.717) is 19.3 Å². The van der Waals surface area contributed by atoms with Gasteiger partial charge in [0.25, 0.3) is 0 Å². The average Bonchev–Trinajstić information content (AvgIpc) is 3.46. The van der Waals surface area contributed by atoms with Crippen LogP contribution in [0.15, 0.2) is 24.3 Å². The number of ether oxygens (including phenoxy) is 2. The van der Waals surface area contributed by atoms with E-state index in [1.165, 1.54) is 5.56 Å². The number of fused-ring (bicyclic) bond motifs is 4. The first kappa shape index (κ1) is 19.6. The largest absolute Gasteiger partial charge is 0.444 e. The number of amides is 2. The number of anilines is 1. The van der Waals surface area contributed by atoms with E-state index in [-0.39, 0.29) is 38.5 Å². The molecular formula is C24H35N3O4. The van der Waals surface area contributed by atoms with Gasteiger partial charge in [0.2, 0.25) is 5.91 Å². The summed E-state index contributed by atoms with van der Waals surface area (Å²) in [6.45, 7) is 3.10. The third-order valence-electron chi connectivity index (χ3n) is 8.37. The number of rotatable bonds is 2. The molecule has 3 atom stereocenters. The van der Waals surface area contributed by atoms with Crippen LogP contribution in [0.4, 0.5) is 10.5 Å². The Morgan fingerprint density at radius 1 is 1.10 bits per heavy atom. The molecule has 5 aliphatic rings. The zero-order valence-electron chi connectivity index (χ0n) is 17.9. The fraction of sp³-hybridized carbons (Fsp3) is 0.667. The third-order valence-corrected chi connectivity index (χ3v) is 8.37. The number of nitrogens with one attached hydrogen (secondary N) is 1. The average molecular weight is 430 g/mol. The van der Waals surface area contributed by atoms with Gasteiger partial charge in [-0.2, -0.15) is 0 Å². The molecule has 0 radical (unpaired) electrons. The molecule has 2 amide bonds. The molecule has 1 aromatic rings. The molecule has 1 aromatic carbocycles. The molecule has 5 aliphatic heterocycles. The first-order valence-electron chi connectivity index (χ1n) is 11.9. The summed E-state index contributed by atoms with van der Waals surface area (Å²) in [5.41, 5.74) is 1.80. The summed E-state index contributed by atoms with van der Waals surface area (Å²) >= 11 is 0. The number of piperidine rings is 2. The molecule has 31 heavy (non-hydrogen) atoms. The number of nitrogens with zero attached hydrogens (tertiary/aromatic N) is 2. The van der Waals surface area contributed by atoms with Gasteiger partial charge in [0.1, 0.15) is 6.10 Å². The number of carbonyl (C=O) groups excluding carboxylic acids is 2. The van der Waals surface area contributed by atoms with Crippen molar-refractivity contribution in [3.8, 4) is 0 Å². The van der Waals surface area contributed by atoms with Gasteiger partial charge in [0, 0.05) is 33.1 Å². The summed E-state index contributed by atoms with van der Waals surface area (Å²) < 4.78 is 11.1. The van der Waals surface area contributed by atoms with E-state index < -0.39 is 0 Å². The lowest BCUT2D eigenvalue weighted by molar-refractivity contribution is -0.123. The Bertz CT molecular complexity index is 872. The monoisotopic (exact) mass is 429 g/mol. The second-order valence-corrected chi connectivity index (χ2v) is 9.90. The van der Waals surface area contributed by atoms with Gasteiger partial charge < -0.3 is 24.6 Å². The summed E-state index contributed by atoms with van der Waals surface area (Å²) in [6.07, 6.45) is 6.51. The second kappa shape index (κ2) is 7.48. The van der Waals surface area contributed by atoms with Crippen molar-refractivity contribution in [3.05, 3.63) is 29.8 Å². The Balaban J connectivity index is 0.00000130. The summed E-state index contributed by atoms with van der Waals surface area (Å²) in [6, 6.07) is 9.21. The van der Waals surface area contributed by atoms with Crippen LogP contribution in [0.3, 0.4) is 0 Å². The van der Waals surface area contributed by atoms with Gasteiger partial charge in [0.05, 0.1) is 18.6 Å². The Morgan fingerprint density at radius 3 is 2.55 bits per heavy atom. The highest BCUT2D eigenvalue weighted by Gasteiger charge is 2.51. The van der Waals surface area contributed by atoms with Gasteiger partial charge in [-0.1, -0.05) is 18.2 Å². The third kappa shape index (κ3) is 3.16. The van der Waals surface area contributed by atoms with Crippen molar-refractivity contribution in [2.45, 2.75) is 74.6 Å². The molecule has 4 saturated heterocycles. The Kier molecular flexibility index (Phi) is 4.72. The number of para-hydroxylation sites is 1. The van der Waals surface area contributed by atoms with Crippen LogP contribution in [0.5, 0.6) is 0 Å². The van der Waals surface area contributed by atoms with Crippen molar-refractivity contribution in [2.24, 2.45) is 0 Å². The maximum absolute atomic E-state index is 12.9. The molecule has 4 fully saturated rings. The number of likely N-dealkylation sites (tertiary alicyclic amines) is 1. The molecule has 2 bridgehead atoms. The number of hydrogen-bond donors (Lipinski definition) is 1. The SMILES string of the molecule is O=C(O[C@H]1CCOC1)N1C2CCC1CC(N1CCC3(CC1)C(=O)Nc1ccccc13)C2.[HH].[HH]. The lowest BCUT2D eigenvalue weighted by atomic mass is 9.73. The molecule has 1 spiro atoms. The summed E-state index contributed by atoms with van der Waals surface area (Å²) in [5, 5.41) is 3.10. The van der Waals surface area contributed by atoms with Crippen molar-refractivity contribution in [1.29, 1.82) is 0 Å². The molecule has 7 heteroatoms. The second-order valence-electron chi connectivity index (χ2n) is 9.90. The smallest absolute Gasteiger partial charge is 0.410 e. The predicted molar refractivity (Wildman–Crippen MR) is 119 cm³/mol. The zero-order chi connectivity index (χ0) is 21.0. The van der Waals surface area contributed by atoms with Gasteiger partial charge in [-0.15, -0.1) is 0 Å². The highest BCUT2D eigenvalue weighted by molar-refractivity contribution is 6.06. The van der Waals surface area contributed by atoms with Gasteiger partial charge in [-0.25, -0.2) is 4.79 Å². The lowest BCUT2D eigenvalue weighted by Crippen LogP contribution is -2.56. The van der Waals surface area contributed by atoms with Gasteiger partial charge in [-0.3, -0.25) is 4.79 Å². The van der Waals surface area contributed by atoms with E-state index in [4.69, 9.17) is 9.47 Å². The van der Waals surface area contributed by atoms with Crippen LogP contribution in [-0.4, -0.2) is 72.3 Å². The molecule has 0 aliphatic carbocycles. The minimum Gasteiger partial charge on any atom is -0.444 e. The molecule has 5 heterocycles. The molecule has 7 nitrogen and oxygen atoms in total. The van der Waals surface area contributed by atoms with Crippen LogP contribution in [0.2, 0.25) is 0 Å². The van der Waals surface area contributed by atoms with E-state index in [1.807, 2.05) is 23.1 Å². The molecule has 6 rings (SSSR count). The Morgan fingerprint density at radius 2 is 1.84 bits per heavy atom. The summed E-state index contributed by atoms with van der Waals surface area (Å²) in [5.74, 6) is 0.168. The van der Waals surface area contributed by atoms with Crippen molar-refractivity contribution < 1.29 is 21.9 Å². The van der Waals surface area contributed by atoms with Gasteiger partial charge in [0.15, 0.2) is 0 Å². The molecule has 170 valence electrons. The zero-order valence-corrected chi connectivity index (χ0v) is 17.9. The highest BCUT2D eigenvalue weighted by Crippen LogP contribution is 2.46. The van der Waals surface area contributed by atoms with Crippen molar-refractivity contribution >= 4 is 17.7 Å². The Hall–Kier alpha value is -2.12. The minimum absolute atomic E-state index is 0. The summed E-state index contributed by atoms with van der Waals surface area (Å²) in [7, 11) is 0. The van der Waals surface area contributed by atoms with Crippen LogP contribution in [0.25, 0.3) is 0 Å². The van der Waals surface area contributed by atoms with E-state index in [9.17, 15) is 9.59 Å². The van der Waals surface area contributed by atoms with Crippen LogP contribution in [0.1, 0.15) is 53.4 Å². The van der Waals surface area contributed by atoms with Crippen LogP contribution >= 0.6 is 0 Å². The van der Waals surface area contributed by atoms with Crippen molar-refractivity contribution in [3.63, 3.8) is 0 Å². The first-order chi connectivity index (χ1) is 15.1. The van der Waals surface area contributed by atoms with E-state index >= 15 is 0 Å². The quantitative estimate of drug-likeness (QED) is 0.780. The molecule has 0 saturated carbocycles. The Labute approximate surface area is 186 Å². The van der Waals surface area contributed by atoms with Crippen molar-refractivity contribution in [2.75, 3.05) is 31.6 Å². The van der Waals surface area contributed by atoms with E-state index in [2.05, 4.69) is 16.3 Å². The van der Waals surface area contributed by atoms with E-state index in [0.717, 1.165) is 63.7 Å². The number of benzene rings is 1. The van der Waals surface area contributed by atoms with Crippen molar-refractivity contribution in [1.82, 2.24) is 9.80 Å². The maximum Gasteiger partial charge on any atom is 0.410 e. The lowest BCUT2D eigenvalue weighted by Gasteiger charge is -2.46. The normalized spacial score (nSPS) is 34.1. The molecular weight excluding hydrogens is 394 g/mol. The van der Waals surface area contributed by atoms with Crippen LogP contribution < -0.4 is 5.32 Å². The fourth-order valence-electron chi connectivity index (χ4n) is 6.69. The molecule has 1 N–H and O–H groups in total. The maximum atomic E-state index is 12.9. The number of hydrogen-bond acceptors (Lipinski definition) is 5. The molecule has 2 unspecified atom stereocenters. The van der Waals surface area contributed by atoms with Crippen LogP contribution in [-0.2, 0) is 19.7 Å². The fourth-order valence-corrected chi connectivity index (χ4v) is 6.69. The van der Waals surface area contributed by atoms with Gasteiger partial charge >= 0.3 is 6.09 Å². The van der Waals surface area contributed by atoms with Crippen LogP contribution in [0, 0.1) is 0 Å². The molecule has 0 aromatic heterocycles. The predicted octanol–water partition coefficient (Wildman–Crippen LogP) is 3.39. The highest BCUT2D eigenvalue weighted by atomic mass is 16.6. The minimum atomic E-state index is -0.361.